The van der Waals surface area contributed by atoms with Crippen LogP contribution >= 0.6 is 0 Å². The molecule has 4 heteroatoms. The van der Waals surface area contributed by atoms with Crippen molar-refractivity contribution in [1.29, 1.82) is 0 Å². The quantitative estimate of drug-likeness (QED) is 0.0515. The number of ether oxygens (including phenoxy) is 2. The van der Waals surface area contributed by atoms with E-state index in [9.17, 15) is 9.59 Å². The molecule has 44 heavy (non-hydrogen) atoms. The molecule has 0 aromatic heterocycles. The van der Waals surface area contributed by atoms with Gasteiger partial charge in [0.25, 0.3) is 0 Å². The summed E-state index contributed by atoms with van der Waals surface area (Å²) in [5, 5.41) is 0. The van der Waals surface area contributed by atoms with Crippen LogP contribution < -0.4 is 0 Å². The minimum Gasteiger partial charge on any atom is -0.466 e. The summed E-state index contributed by atoms with van der Waals surface area (Å²) in [5.74, 6) is -0.229. The molecule has 0 aromatic rings. The third kappa shape index (κ3) is 35.4. The van der Waals surface area contributed by atoms with Crippen LogP contribution in [0, 0.1) is 0 Å². The molecular weight excluding hydrogens is 544 g/mol. The summed E-state index contributed by atoms with van der Waals surface area (Å²) in [7, 11) is 0. The highest BCUT2D eigenvalue weighted by molar-refractivity contribution is 5.69. The predicted molar refractivity (Wildman–Crippen MR) is 190 cm³/mol. The van der Waals surface area contributed by atoms with Gasteiger partial charge >= 0.3 is 11.9 Å². The molecule has 1 unspecified atom stereocenters. The van der Waals surface area contributed by atoms with E-state index in [1.807, 2.05) is 6.92 Å². The van der Waals surface area contributed by atoms with Crippen molar-refractivity contribution in [1.82, 2.24) is 0 Å². The molecule has 0 aliphatic heterocycles. The number of carbonyl (C=O) groups excluding carboxylic acids is 2. The Morgan fingerprint density at radius 2 is 0.682 bits per heavy atom. The molecule has 0 saturated carbocycles. The van der Waals surface area contributed by atoms with Gasteiger partial charge in [-0.25, -0.2) is 0 Å². The summed E-state index contributed by atoms with van der Waals surface area (Å²) in [6.45, 7) is 6.79. The third-order valence-electron chi connectivity index (χ3n) is 9.09. The van der Waals surface area contributed by atoms with Crippen LogP contribution in [0.2, 0.25) is 0 Å². The molecular formula is C40H78O4. The number of hydrogen-bond donors (Lipinski definition) is 0. The number of unbranched alkanes of at least 4 members (excludes halogenated alkanes) is 28. The first-order chi connectivity index (χ1) is 21.6. The van der Waals surface area contributed by atoms with Gasteiger partial charge in [0.1, 0.15) is 6.10 Å². The Hall–Kier alpha value is -1.06. The molecule has 0 spiro atoms. The van der Waals surface area contributed by atoms with Crippen molar-refractivity contribution >= 4 is 11.9 Å². The zero-order valence-corrected chi connectivity index (χ0v) is 30.3. The SMILES string of the molecule is CCCCCCCCCCCCCCCCCC(=O)OCCC(C)OC(=O)CCCCCCCCCCCCCCCCC. The van der Waals surface area contributed by atoms with E-state index in [0.717, 1.165) is 25.7 Å². The second-order valence-electron chi connectivity index (χ2n) is 13.7. The largest absolute Gasteiger partial charge is 0.466 e. The normalized spacial score (nSPS) is 12.0. The maximum absolute atomic E-state index is 12.1. The molecule has 0 N–H and O–H groups in total. The number of hydrogen-bond acceptors (Lipinski definition) is 4. The van der Waals surface area contributed by atoms with Crippen molar-refractivity contribution < 1.29 is 19.1 Å². The smallest absolute Gasteiger partial charge is 0.306 e. The Labute approximate surface area is 276 Å². The first-order valence-electron chi connectivity index (χ1n) is 19.9. The lowest BCUT2D eigenvalue weighted by atomic mass is 10.0. The Morgan fingerprint density at radius 1 is 0.409 bits per heavy atom. The van der Waals surface area contributed by atoms with Crippen molar-refractivity contribution in [3.05, 3.63) is 0 Å². The van der Waals surface area contributed by atoms with E-state index in [0.29, 0.717) is 25.9 Å². The van der Waals surface area contributed by atoms with Gasteiger partial charge in [-0.3, -0.25) is 9.59 Å². The van der Waals surface area contributed by atoms with Gasteiger partial charge in [0.15, 0.2) is 0 Å². The first-order valence-corrected chi connectivity index (χ1v) is 19.9. The van der Waals surface area contributed by atoms with Crippen molar-refractivity contribution in [2.45, 2.75) is 239 Å². The van der Waals surface area contributed by atoms with Crippen LogP contribution in [0.1, 0.15) is 233 Å². The van der Waals surface area contributed by atoms with Gasteiger partial charge in [-0.05, 0) is 19.8 Å². The fourth-order valence-electron chi connectivity index (χ4n) is 6.03. The third-order valence-corrected chi connectivity index (χ3v) is 9.09. The minimum absolute atomic E-state index is 0.115. The fraction of sp³-hybridized carbons (Fsp3) is 0.950. The first kappa shape index (κ1) is 42.9. The molecule has 0 fully saturated rings. The summed E-state index contributed by atoms with van der Waals surface area (Å²) in [6, 6.07) is 0. The fourth-order valence-corrected chi connectivity index (χ4v) is 6.03. The van der Waals surface area contributed by atoms with Crippen LogP contribution in [-0.2, 0) is 19.1 Å². The zero-order valence-electron chi connectivity index (χ0n) is 30.3. The second-order valence-corrected chi connectivity index (χ2v) is 13.7. The van der Waals surface area contributed by atoms with Gasteiger partial charge in [0, 0.05) is 19.3 Å². The monoisotopic (exact) mass is 623 g/mol. The van der Waals surface area contributed by atoms with E-state index in [2.05, 4.69) is 13.8 Å². The average molecular weight is 623 g/mol. The molecule has 0 bridgehead atoms. The van der Waals surface area contributed by atoms with Gasteiger partial charge < -0.3 is 9.47 Å². The molecule has 1 atom stereocenters. The van der Waals surface area contributed by atoms with Crippen LogP contribution in [0.3, 0.4) is 0 Å². The summed E-state index contributed by atoms with van der Waals surface area (Å²) in [4.78, 5) is 24.1. The van der Waals surface area contributed by atoms with Gasteiger partial charge in [-0.15, -0.1) is 0 Å². The number of rotatable bonds is 36. The average Bonchev–Trinajstić information content (AvgIpc) is 3.01. The Bertz CT molecular complexity index is 590. The summed E-state index contributed by atoms with van der Waals surface area (Å²) in [5.41, 5.74) is 0. The van der Waals surface area contributed by atoms with Crippen molar-refractivity contribution in [2.75, 3.05) is 6.61 Å². The van der Waals surface area contributed by atoms with Crippen molar-refractivity contribution in [3.63, 3.8) is 0 Å². The van der Waals surface area contributed by atoms with Crippen LogP contribution in [0.15, 0.2) is 0 Å². The van der Waals surface area contributed by atoms with Gasteiger partial charge in [0.2, 0.25) is 0 Å². The van der Waals surface area contributed by atoms with E-state index >= 15 is 0 Å². The Kier molecular flexibility index (Phi) is 35.5. The van der Waals surface area contributed by atoms with Crippen LogP contribution in [0.4, 0.5) is 0 Å². The highest BCUT2D eigenvalue weighted by Gasteiger charge is 2.11. The standard InChI is InChI=1S/C40H78O4/c1-4-6-8-10-12-14-16-18-20-22-24-26-28-30-32-34-39(41)43-37-36-38(3)44-40(42)35-33-31-29-27-25-23-21-19-17-15-13-11-9-7-5-2/h38H,4-37H2,1-3H3. The summed E-state index contributed by atoms with van der Waals surface area (Å²) in [6.07, 6.45) is 41.1. The van der Waals surface area contributed by atoms with Gasteiger partial charge in [0.05, 0.1) is 6.61 Å². The van der Waals surface area contributed by atoms with Crippen LogP contribution in [-0.4, -0.2) is 24.6 Å². The molecule has 0 aliphatic rings. The Morgan fingerprint density at radius 3 is 1.00 bits per heavy atom. The molecule has 0 rings (SSSR count). The number of carbonyl (C=O) groups is 2. The maximum atomic E-state index is 12.1. The highest BCUT2D eigenvalue weighted by atomic mass is 16.6. The molecule has 0 aromatic carbocycles. The lowest BCUT2D eigenvalue weighted by Gasteiger charge is -2.13. The van der Waals surface area contributed by atoms with E-state index in [4.69, 9.17) is 9.47 Å². The molecule has 0 heterocycles. The van der Waals surface area contributed by atoms with E-state index < -0.39 is 0 Å². The van der Waals surface area contributed by atoms with Crippen LogP contribution in [0.25, 0.3) is 0 Å². The second kappa shape index (κ2) is 36.4. The lowest BCUT2D eigenvalue weighted by molar-refractivity contribution is -0.150. The Balaban J connectivity index is 3.37. The van der Waals surface area contributed by atoms with E-state index in [1.165, 1.54) is 167 Å². The van der Waals surface area contributed by atoms with Crippen LogP contribution in [0.5, 0.6) is 0 Å². The topological polar surface area (TPSA) is 52.6 Å². The molecule has 262 valence electrons. The zero-order chi connectivity index (χ0) is 32.2. The van der Waals surface area contributed by atoms with Crippen molar-refractivity contribution in [2.24, 2.45) is 0 Å². The lowest BCUT2D eigenvalue weighted by Crippen LogP contribution is -2.18. The van der Waals surface area contributed by atoms with E-state index in [-0.39, 0.29) is 18.0 Å². The maximum Gasteiger partial charge on any atom is 0.306 e. The molecule has 0 amide bonds. The molecule has 4 nitrogen and oxygen atoms in total. The minimum atomic E-state index is -0.197. The predicted octanol–water partition coefficient (Wildman–Crippen LogP) is 13.4. The molecule has 0 saturated heterocycles. The summed E-state index contributed by atoms with van der Waals surface area (Å²) < 4.78 is 10.9. The summed E-state index contributed by atoms with van der Waals surface area (Å²) >= 11 is 0. The molecule has 0 radical (unpaired) electrons. The van der Waals surface area contributed by atoms with E-state index in [1.54, 1.807) is 0 Å². The van der Waals surface area contributed by atoms with Gasteiger partial charge in [-0.2, -0.15) is 0 Å². The molecule has 0 aliphatic carbocycles. The van der Waals surface area contributed by atoms with Gasteiger partial charge in [-0.1, -0.05) is 194 Å². The highest BCUT2D eigenvalue weighted by Crippen LogP contribution is 2.16. The van der Waals surface area contributed by atoms with Crippen molar-refractivity contribution in [3.8, 4) is 0 Å². The number of esters is 2.